The number of nitrogens with zero attached hydrogens (tertiary/aromatic N) is 3. The number of nitrogens with one attached hydrogen (secondary N) is 1. The van der Waals surface area contributed by atoms with Gasteiger partial charge in [-0.15, -0.1) is 0 Å². The van der Waals surface area contributed by atoms with Crippen molar-refractivity contribution in [1.82, 2.24) is 9.21 Å². The predicted molar refractivity (Wildman–Crippen MR) is 126 cm³/mol. The van der Waals surface area contributed by atoms with Gasteiger partial charge < -0.3 is 19.9 Å². The van der Waals surface area contributed by atoms with Crippen LogP contribution in [-0.4, -0.2) is 75.8 Å². The molecule has 2 aromatic rings. The normalized spacial score (nSPS) is 18.8. The van der Waals surface area contributed by atoms with Gasteiger partial charge in [0.25, 0.3) is 11.8 Å². The molecular formula is C22H25ClN4O5S. The molecule has 4 rings (SSSR count). The van der Waals surface area contributed by atoms with Crippen LogP contribution in [0.3, 0.4) is 0 Å². The average molecular weight is 493 g/mol. The van der Waals surface area contributed by atoms with Crippen LogP contribution in [0.1, 0.15) is 17.3 Å². The Morgan fingerprint density at radius 3 is 2.52 bits per heavy atom. The third kappa shape index (κ3) is 4.50. The van der Waals surface area contributed by atoms with Crippen molar-refractivity contribution in [3.63, 3.8) is 0 Å². The van der Waals surface area contributed by atoms with E-state index in [2.05, 4.69) is 5.32 Å². The maximum atomic E-state index is 13.3. The highest BCUT2D eigenvalue weighted by molar-refractivity contribution is 7.89. The van der Waals surface area contributed by atoms with Gasteiger partial charge in [0.1, 0.15) is 10.6 Å². The number of rotatable bonds is 4. The summed E-state index contributed by atoms with van der Waals surface area (Å²) < 4.78 is 33.4. The summed E-state index contributed by atoms with van der Waals surface area (Å²) in [5, 5.41) is 2.64. The third-order valence-corrected chi connectivity index (χ3v) is 8.08. The van der Waals surface area contributed by atoms with E-state index in [1.54, 1.807) is 17.9 Å². The van der Waals surface area contributed by atoms with Crippen molar-refractivity contribution in [2.24, 2.45) is 0 Å². The molecule has 0 spiro atoms. The summed E-state index contributed by atoms with van der Waals surface area (Å²) in [6.45, 7) is 2.38. The fourth-order valence-electron chi connectivity index (χ4n) is 3.78. The predicted octanol–water partition coefficient (Wildman–Crippen LogP) is 2.27. The summed E-state index contributed by atoms with van der Waals surface area (Å²) in [6.07, 6.45) is -0.741. The minimum atomic E-state index is -3.92. The van der Waals surface area contributed by atoms with Crippen molar-refractivity contribution in [1.29, 1.82) is 0 Å². The molecule has 0 bridgehead atoms. The molecule has 0 aromatic heterocycles. The van der Waals surface area contributed by atoms with Crippen LogP contribution in [-0.2, 0) is 14.8 Å². The molecule has 2 amide bonds. The van der Waals surface area contributed by atoms with Crippen LogP contribution in [0.15, 0.2) is 41.3 Å². The highest BCUT2D eigenvalue weighted by atomic mass is 35.5. The van der Waals surface area contributed by atoms with Gasteiger partial charge in [-0.25, -0.2) is 8.42 Å². The lowest BCUT2D eigenvalue weighted by atomic mass is 10.1. The Bertz CT molecular complexity index is 1210. The number of carbonyl (C=O) groups excluding carboxylic acids is 2. The molecular weight excluding hydrogens is 468 g/mol. The molecule has 2 heterocycles. The summed E-state index contributed by atoms with van der Waals surface area (Å²) in [6, 6.07) is 10.0. The van der Waals surface area contributed by atoms with Gasteiger partial charge in [-0.3, -0.25) is 9.59 Å². The molecule has 2 aromatic carbocycles. The molecule has 0 aliphatic carbocycles. The van der Waals surface area contributed by atoms with Gasteiger partial charge in [-0.2, -0.15) is 4.31 Å². The molecule has 0 saturated carbocycles. The van der Waals surface area contributed by atoms with Crippen LogP contribution in [0.25, 0.3) is 0 Å². The van der Waals surface area contributed by atoms with E-state index in [0.717, 1.165) is 5.69 Å². The third-order valence-electron chi connectivity index (χ3n) is 5.72. The van der Waals surface area contributed by atoms with E-state index >= 15 is 0 Å². The zero-order valence-electron chi connectivity index (χ0n) is 18.5. The van der Waals surface area contributed by atoms with Crippen LogP contribution < -0.4 is 15.0 Å². The van der Waals surface area contributed by atoms with Crippen molar-refractivity contribution in [3.8, 4) is 5.75 Å². The SMILES string of the molecule is C[C@H]1Oc2cc(S(=O)(=O)N3CCN(C(=O)c4cccc(N(C)C)c4)CC3)c(Cl)cc2NC1=O. The van der Waals surface area contributed by atoms with Crippen LogP contribution in [0.5, 0.6) is 5.75 Å². The Morgan fingerprint density at radius 1 is 1.15 bits per heavy atom. The fraction of sp³-hybridized carbons (Fsp3) is 0.364. The Balaban J connectivity index is 1.50. The molecule has 2 aliphatic heterocycles. The van der Waals surface area contributed by atoms with E-state index < -0.39 is 16.1 Å². The Morgan fingerprint density at radius 2 is 1.85 bits per heavy atom. The van der Waals surface area contributed by atoms with Crippen molar-refractivity contribution >= 4 is 44.8 Å². The van der Waals surface area contributed by atoms with E-state index in [4.69, 9.17) is 16.3 Å². The lowest BCUT2D eigenvalue weighted by Gasteiger charge is -2.34. The van der Waals surface area contributed by atoms with E-state index in [1.165, 1.54) is 16.4 Å². The summed E-state index contributed by atoms with van der Waals surface area (Å²) in [4.78, 5) is 28.2. The second-order valence-corrected chi connectivity index (χ2v) is 10.5. The first-order valence-corrected chi connectivity index (χ1v) is 12.3. The number of amides is 2. The lowest BCUT2D eigenvalue weighted by molar-refractivity contribution is -0.122. The maximum Gasteiger partial charge on any atom is 0.265 e. The minimum absolute atomic E-state index is 0.00814. The number of carbonyl (C=O) groups is 2. The minimum Gasteiger partial charge on any atom is -0.479 e. The summed E-state index contributed by atoms with van der Waals surface area (Å²) in [5.74, 6) is -0.216. The van der Waals surface area contributed by atoms with E-state index in [1.807, 2.05) is 37.2 Å². The zero-order valence-corrected chi connectivity index (χ0v) is 20.1. The van der Waals surface area contributed by atoms with E-state index in [-0.39, 0.29) is 53.7 Å². The molecule has 1 N–H and O–H groups in total. The first-order chi connectivity index (χ1) is 15.6. The number of anilines is 2. The molecule has 1 saturated heterocycles. The van der Waals surface area contributed by atoms with Crippen LogP contribution in [0.2, 0.25) is 5.02 Å². The average Bonchev–Trinajstić information content (AvgIpc) is 2.79. The molecule has 9 nitrogen and oxygen atoms in total. The van der Waals surface area contributed by atoms with Gasteiger partial charge in [-0.05, 0) is 31.2 Å². The quantitative estimate of drug-likeness (QED) is 0.703. The fourth-order valence-corrected chi connectivity index (χ4v) is 5.72. The second kappa shape index (κ2) is 8.85. The zero-order chi connectivity index (χ0) is 23.9. The maximum absolute atomic E-state index is 13.3. The molecule has 1 atom stereocenters. The molecule has 1 fully saturated rings. The number of fused-ring (bicyclic) bond motifs is 1. The molecule has 2 aliphatic rings. The standard InChI is InChI=1S/C22H25ClN4O5S/c1-14-21(28)24-18-12-17(23)20(13-19(18)32-14)33(30,31)27-9-7-26(8-10-27)22(29)15-5-4-6-16(11-15)25(2)3/h4-6,11-14H,7-10H2,1-3H3,(H,24,28)/t14-/m1/s1. The van der Waals surface area contributed by atoms with Gasteiger partial charge in [0.15, 0.2) is 6.10 Å². The van der Waals surface area contributed by atoms with Crippen molar-refractivity contribution in [3.05, 3.63) is 47.0 Å². The molecule has 176 valence electrons. The number of benzene rings is 2. The largest absolute Gasteiger partial charge is 0.479 e. The van der Waals surface area contributed by atoms with Gasteiger partial charge >= 0.3 is 0 Å². The van der Waals surface area contributed by atoms with Gasteiger partial charge in [-0.1, -0.05) is 17.7 Å². The van der Waals surface area contributed by atoms with Crippen molar-refractivity contribution in [2.45, 2.75) is 17.9 Å². The Hall–Kier alpha value is -2.82. The van der Waals surface area contributed by atoms with Gasteiger partial charge in [0, 0.05) is 57.6 Å². The summed E-state index contributed by atoms with van der Waals surface area (Å²) in [5.41, 5.74) is 1.80. The second-order valence-electron chi connectivity index (χ2n) is 8.17. The number of halogens is 1. The molecule has 0 unspecified atom stereocenters. The smallest absolute Gasteiger partial charge is 0.265 e. The van der Waals surface area contributed by atoms with Crippen LogP contribution >= 0.6 is 11.6 Å². The monoisotopic (exact) mass is 492 g/mol. The first-order valence-electron chi connectivity index (χ1n) is 10.5. The van der Waals surface area contributed by atoms with E-state index in [0.29, 0.717) is 11.3 Å². The van der Waals surface area contributed by atoms with E-state index in [9.17, 15) is 18.0 Å². The Labute approximate surface area is 197 Å². The summed E-state index contributed by atoms with van der Waals surface area (Å²) >= 11 is 6.27. The number of piperazine rings is 1. The number of sulfonamides is 1. The molecule has 33 heavy (non-hydrogen) atoms. The number of hydrogen-bond donors (Lipinski definition) is 1. The molecule has 11 heteroatoms. The highest BCUT2D eigenvalue weighted by Gasteiger charge is 2.34. The van der Waals surface area contributed by atoms with Crippen LogP contribution in [0.4, 0.5) is 11.4 Å². The lowest BCUT2D eigenvalue weighted by Crippen LogP contribution is -2.50. The van der Waals surface area contributed by atoms with Gasteiger partial charge in [0.2, 0.25) is 10.0 Å². The molecule has 0 radical (unpaired) electrons. The first kappa shape index (κ1) is 23.3. The van der Waals surface area contributed by atoms with Crippen molar-refractivity contribution in [2.75, 3.05) is 50.5 Å². The van der Waals surface area contributed by atoms with Crippen molar-refractivity contribution < 1.29 is 22.7 Å². The Kier molecular flexibility index (Phi) is 6.26. The summed E-state index contributed by atoms with van der Waals surface area (Å²) in [7, 11) is -0.122. The topological polar surface area (TPSA) is 99.3 Å². The number of ether oxygens (including phenoxy) is 1. The van der Waals surface area contributed by atoms with Gasteiger partial charge in [0.05, 0.1) is 10.7 Å². The number of hydrogen-bond acceptors (Lipinski definition) is 6. The van der Waals surface area contributed by atoms with Crippen LogP contribution in [0, 0.1) is 0 Å². The highest BCUT2D eigenvalue weighted by Crippen LogP contribution is 2.38.